The molecule has 1 aliphatic heterocycles. The fraction of sp³-hybridized carbons (Fsp3) is 0.929. The topological polar surface area (TPSA) is 41.6 Å². The number of piperidine rings is 1. The van der Waals surface area contributed by atoms with E-state index in [-0.39, 0.29) is 6.09 Å². The largest absolute Gasteiger partial charge is 0.444 e. The molecule has 0 aromatic carbocycles. The SMILES string of the molecule is CC(C)(C)OC(=O)N(C[C@H]1CCCCN1)C1CC1. The van der Waals surface area contributed by atoms with Crippen LogP contribution >= 0.6 is 0 Å². The molecule has 0 spiro atoms. The van der Waals surface area contributed by atoms with Crippen LogP contribution in [-0.2, 0) is 4.74 Å². The molecule has 4 heteroatoms. The maximum absolute atomic E-state index is 12.2. The van der Waals surface area contributed by atoms with Gasteiger partial charge in [-0.05, 0) is 53.0 Å². The van der Waals surface area contributed by atoms with Crippen LogP contribution in [0.2, 0.25) is 0 Å². The molecule has 2 fully saturated rings. The van der Waals surface area contributed by atoms with E-state index in [1.54, 1.807) is 0 Å². The van der Waals surface area contributed by atoms with Gasteiger partial charge in [0.1, 0.15) is 5.60 Å². The minimum absolute atomic E-state index is 0.141. The quantitative estimate of drug-likeness (QED) is 0.841. The number of nitrogens with one attached hydrogen (secondary N) is 1. The minimum atomic E-state index is -0.399. The maximum Gasteiger partial charge on any atom is 0.410 e. The molecule has 1 saturated carbocycles. The molecular formula is C14H26N2O2. The molecule has 1 amide bonds. The molecule has 2 aliphatic rings. The Morgan fingerprint density at radius 2 is 2.00 bits per heavy atom. The van der Waals surface area contributed by atoms with Crippen LogP contribution in [0.4, 0.5) is 4.79 Å². The highest BCUT2D eigenvalue weighted by molar-refractivity contribution is 5.69. The monoisotopic (exact) mass is 254 g/mol. The van der Waals surface area contributed by atoms with Gasteiger partial charge >= 0.3 is 6.09 Å². The van der Waals surface area contributed by atoms with Gasteiger partial charge in [-0.1, -0.05) is 6.42 Å². The van der Waals surface area contributed by atoms with Gasteiger partial charge in [0.05, 0.1) is 0 Å². The number of ether oxygens (including phenoxy) is 1. The fourth-order valence-corrected chi connectivity index (χ4v) is 2.40. The predicted molar refractivity (Wildman–Crippen MR) is 71.6 cm³/mol. The first-order valence-corrected chi connectivity index (χ1v) is 7.19. The van der Waals surface area contributed by atoms with Crippen LogP contribution in [0.3, 0.4) is 0 Å². The standard InChI is InChI=1S/C14H26N2O2/c1-14(2,3)18-13(17)16(12-7-8-12)10-11-6-4-5-9-15-11/h11-12,15H,4-10H2,1-3H3/t11-/m1/s1. The summed E-state index contributed by atoms with van der Waals surface area (Å²) in [6.45, 7) is 7.66. The smallest absolute Gasteiger partial charge is 0.410 e. The van der Waals surface area contributed by atoms with Crippen molar-refractivity contribution >= 4 is 6.09 Å². The molecule has 0 unspecified atom stereocenters. The van der Waals surface area contributed by atoms with E-state index in [9.17, 15) is 4.79 Å². The van der Waals surface area contributed by atoms with Gasteiger partial charge in [-0.2, -0.15) is 0 Å². The summed E-state index contributed by atoms with van der Waals surface area (Å²) in [5.41, 5.74) is -0.399. The van der Waals surface area contributed by atoms with Crippen LogP contribution in [0.25, 0.3) is 0 Å². The molecule has 0 aromatic rings. The van der Waals surface area contributed by atoms with Gasteiger partial charge in [-0.3, -0.25) is 0 Å². The Morgan fingerprint density at radius 1 is 1.28 bits per heavy atom. The van der Waals surface area contributed by atoms with Gasteiger partial charge < -0.3 is 15.0 Å². The molecule has 104 valence electrons. The minimum Gasteiger partial charge on any atom is -0.444 e. The van der Waals surface area contributed by atoms with E-state index < -0.39 is 5.60 Å². The first-order valence-electron chi connectivity index (χ1n) is 7.19. The molecule has 1 atom stereocenters. The first-order chi connectivity index (χ1) is 8.46. The third-order valence-corrected chi connectivity index (χ3v) is 3.45. The molecule has 1 heterocycles. The van der Waals surface area contributed by atoms with Crippen molar-refractivity contribution in [3.63, 3.8) is 0 Å². The Kier molecular flexibility index (Phi) is 4.15. The van der Waals surface area contributed by atoms with Gasteiger partial charge in [0.2, 0.25) is 0 Å². The fourth-order valence-electron chi connectivity index (χ4n) is 2.40. The first kappa shape index (κ1) is 13.7. The lowest BCUT2D eigenvalue weighted by atomic mass is 10.0. The second-order valence-corrected chi connectivity index (χ2v) is 6.51. The zero-order chi connectivity index (χ0) is 13.2. The predicted octanol–water partition coefficient (Wildman–Crippen LogP) is 2.53. The van der Waals surface area contributed by atoms with Gasteiger partial charge in [0.15, 0.2) is 0 Å². The summed E-state index contributed by atoms with van der Waals surface area (Å²) < 4.78 is 5.50. The summed E-state index contributed by atoms with van der Waals surface area (Å²) in [6, 6.07) is 0.871. The lowest BCUT2D eigenvalue weighted by Crippen LogP contribution is -2.48. The highest BCUT2D eigenvalue weighted by Crippen LogP contribution is 2.29. The second kappa shape index (κ2) is 5.47. The third-order valence-electron chi connectivity index (χ3n) is 3.45. The van der Waals surface area contributed by atoms with Crippen LogP contribution in [-0.4, -0.2) is 41.8 Å². The van der Waals surface area contributed by atoms with E-state index in [0.29, 0.717) is 12.1 Å². The van der Waals surface area contributed by atoms with Crippen LogP contribution in [0, 0.1) is 0 Å². The third kappa shape index (κ3) is 4.16. The van der Waals surface area contributed by atoms with E-state index in [4.69, 9.17) is 4.74 Å². The summed E-state index contributed by atoms with van der Waals surface area (Å²) in [7, 11) is 0. The van der Waals surface area contributed by atoms with Crippen LogP contribution in [0.15, 0.2) is 0 Å². The van der Waals surface area contributed by atoms with Crippen LogP contribution < -0.4 is 5.32 Å². The summed E-state index contributed by atoms with van der Waals surface area (Å²) >= 11 is 0. The molecule has 4 nitrogen and oxygen atoms in total. The van der Waals surface area contributed by atoms with Crippen molar-refractivity contribution in [1.82, 2.24) is 10.2 Å². The molecule has 2 rings (SSSR count). The molecule has 1 N–H and O–H groups in total. The van der Waals surface area contributed by atoms with E-state index in [1.807, 2.05) is 25.7 Å². The Hall–Kier alpha value is -0.770. The lowest BCUT2D eigenvalue weighted by molar-refractivity contribution is 0.0209. The van der Waals surface area contributed by atoms with E-state index in [1.165, 1.54) is 19.3 Å². The average Bonchev–Trinajstić information content (AvgIpc) is 3.08. The van der Waals surface area contributed by atoms with Crippen molar-refractivity contribution in [2.75, 3.05) is 13.1 Å². The van der Waals surface area contributed by atoms with Gasteiger partial charge in [0.25, 0.3) is 0 Å². The molecule has 0 radical (unpaired) electrons. The summed E-state index contributed by atoms with van der Waals surface area (Å²) in [5, 5.41) is 3.50. The average molecular weight is 254 g/mol. The normalized spacial score (nSPS) is 24.7. The number of carbonyl (C=O) groups is 1. The number of nitrogens with zero attached hydrogens (tertiary/aromatic N) is 1. The van der Waals surface area contributed by atoms with Gasteiger partial charge in [0, 0.05) is 18.6 Å². The lowest BCUT2D eigenvalue weighted by Gasteiger charge is -2.32. The van der Waals surface area contributed by atoms with Crippen molar-refractivity contribution in [2.24, 2.45) is 0 Å². The molecule has 0 aromatic heterocycles. The Bertz CT molecular complexity index is 289. The number of rotatable bonds is 3. The van der Waals surface area contributed by atoms with Crippen LogP contribution in [0.1, 0.15) is 52.9 Å². The van der Waals surface area contributed by atoms with Crippen LogP contribution in [0.5, 0.6) is 0 Å². The van der Waals surface area contributed by atoms with E-state index in [2.05, 4.69) is 5.32 Å². The van der Waals surface area contributed by atoms with Gasteiger partial charge in [-0.25, -0.2) is 4.79 Å². The zero-order valence-corrected chi connectivity index (χ0v) is 11.9. The highest BCUT2D eigenvalue weighted by Gasteiger charge is 2.36. The van der Waals surface area contributed by atoms with Crippen molar-refractivity contribution in [3.8, 4) is 0 Å². The van der Waals surface area contributed by atoms with E-state index in [0.717, 1.165) is 25.9 Å². The Morgan fingerprint density at radius 3 is 2.50 bits per heavy atom. The van der Waals surface area contributed by atoms with Crippen molar-refractivity contribution in [2.45, 2.75) is 70.6 Å². The number of hydrogen-bond acceptors (Lipinski definition) is 3. The highest BCUT2D eigenvalue weighted by atomic mass is 16.6. The number of hydrogen-bond donors (Lipinski definition) is 1. The van der Waals surface area contributed by atoms with E-state index >= 15 is 0 Å². The maximum atomic E-state index is 12.2. The number of carbonyl (C=O) groups excluding carboxylic acids is 1. The molecule has 1 aliphatic carbocycles. The summed E-state index contributed by atoms with van der Waals surface area (Å²) in [5.74, 6) is 0. The molecule has 18 heavy (non-hydrogen) atoms. The molecule has 0 bridgehead atoms. The zero-order valence-electron chi connectivity index (χ0n) is 11.9. The van der Waals surface area contributed by atoms with Crippen molar-refractivity contribution in [1.29, 1.82) is 0 Å². The van der Waals surface area contributed by atoms with Crippen molar-refractivity contribution in [3.05, 3.63) is 0 Å². The molecular weight excluding hydrogens is 228 g/mol. The number of amides is 1. The molecule has 1 saturated heterocycles. The summed E-state index contributed by atoms with van der Waals surface area (Å²) in [6.07, 6.45) is 5.82. The summed E-state index contributed by atoms with van der Waals surface area (Å²) in [4.78, 5) is 14.1. The second-order valence-electron chi connectivity index (χ2n) is 6.51. The van der Waals surface area contributed by atoms with Crippen molar-refractivity contribution < 1.29 is 9.53 Å². The Labute approximate surface area is 110 Å². The van der Waals surface area contributed by atoms with Gasteiger partial charge in [-0.15, -0.1) is 0 Å². The Balaban J connectivity index is 1.88.